The predicted octanol–water partition coefficient (Wildman–Crippen LogP) is 3.30. The van der Waals surface area contributed by atoms with Gasteiger partial charge in [0.1, 0.15) is 23.3 Å². The summed E-state index contributed by atoms with van der Waals surface area (Å²) in [6, 6.07) is 18.0. The lowest BCUT2D eigenvalue weighted by Crippen LogP contribution is -2.41. The molecule has 3 heterocycles. The van der Waals surface area contributed by atoms with E-state index < -0.39 is 6.04 Å². The summed E-state index contributed by atoms with van der Waals surface area (Å²) in [5.74, 6) is 1.57. The molecule has 4 atom stereocenters. The van der Waals surface area contributed by atoms with Gasteiger partial charge in [0.15, 0.2) is 0 Å². The molecule has 0 saturated carbocycles. The smallest absolute Gasteiger partial charge is 0.242 e. The van der Waals surface area contributed by atoms with Crippen molar-refractivity contribution in [2.45, 2.75) is 31.6 Å². The number of carbonyl (C=O) groups is 1. The van der Waals surface area contributed by atoms with E-state index in [2.05, 4.69) is 10.9 Å². The number of likely N-dealkylation sites (tertiary alicyclic amines) is 1. The highest BCUT2D eigenvalue weighted by Gasteiger charge is 2.56. The minimum absolute atomic E-state index is 0.00126. The standard InChI is InChI=1S/C24H25N3O4/c1-2-30-16-8-5-7-15(13-16)23-20-21(18-10-3-4-11-19(18)28)25-26-22(20)24(29)27(23)14-17-9-6-12-31-17/h3-13,20-23,25-26,28H,2,14H2,1H3. The molecule has 3 N–H and O–H groups in total. The number of carbonyl (C=O) groups excluding carboxylic acids is 1. The van der Waals surface area contributed by atoms with Crippen molar-refractivity contribution in [3.8, 4) is 11.5 Å². The number of ether oxygens (including phenoxy) is 1. The highest BCUT2D eigenvalue weighted by Crippen LogP contribution is 2.49. The monoisotopic (exact) mass is 419 g/mol. The van der Waals surface area contributed by atoms with Crippen molar-refractivity contribution in [3.63, 3.8) is 0 Å². The first-order chi connectivity index (χ1) is 15.2. The molecule has 2 aliphatic heterocycles. The summed E-state index contributed by atoms with van der Waals surface area (Å²) in [6.45, 7) is 2.89. The Bertz CT molecular complexity index is 1070. The van der Waals surface area contributed by atoms with E-state index in [1.165, 1.54) is 0 Å². The maximum absolute atomic E-state index is 13.5. The van der Waals surface area contributed by atoms with Crippen molar-refractivity contribution in [2.75, 3.05) is 6.61 Å². The van der Waals surface area contributed by atoms with Crippen LogP contribution in [0.25, 0.3) is 0 Å². The molecule has 0 aliphatic carbocycles. The maximum Gasteiger partial charge on any atom is 0.242 e. The SMILES string of the molecule is CCOc1cccc(C2C3C(NNC3c3ccccc3O)C(=O)N2Cc2ccco2)c1. The number of phenols is 1. The lowest BCUT2D eigenvalue weighted by molar-refractivity contribution is -0.131. The van der Waals surface area contributed by atoms with Gasteiger partial charge >= 0.3 is 0 Å². The minimum Gasteiger partial charge on any atom is -0.508 e. The summed E-state index contributed by atoms with van der Waals surface area (Å²) in [5.41, 5.74) is 8.19. The Morgan fingerprint density at radius 2 is 1.90 bits per heavy atom. The zero-order valence-electron chi connectivity index (χ0n) is 17.2. The van der Waals surface area contributed by atoms with Gasteiger partial charge in [-0.3, -0.25) is 4.79 Å². The van der Waals surface area contributed by atoms with Crippen LogP contribution in [0.2, 0.25) is 0 Å². The van der Waals surface area contributed by atoms with Gasteiger partial charge in [-0.1, -0.05) is 30.3 Å². The van der Waals surface area contributed by atoms with E-state index in [4.69, 9.17) is 9.15 Å². The lowest BCUT2D eigenvalue weighted by atomic mass is 9.83. The van der Waals surface area contributed by atoms with Crippen molar-refractivity contribution in [3.05, 3.63) is 83.8 Å². The average molecular weight is 419 g/mol. The van der Waals surface area contributed by atoms with E-state index in [0.717, 1.165) is 22.6 Å². The van der Waals surface area contributed by atoms with Crippen LogP contribution in [-0.2, 0) is 11.3 Å². The molecule has 160 valence electrons. The quantitative estimate of drug-likeness (QED) is 0.568. The van der Waals surface area contributed by atoms with Gasteiger partial charge in [0.05, 0.1) is 31.5 Å². The first kappa shape index (κ1) is 19.7. The van der Waals surface area contributed by atoms with Crippen molar-refractivity contribution in [1.82, 2.24) is 15.8 Å². The van der Waals surface area contributed by atoms with Crippen LogP contribution in [0, 0.1) is 5.92 Å². The fourth-order valence-corrected chi connectivity index (χ4v) is 4.82. The van der Waals surface area contributed by atoms with Crippen LogP contribution in [0.5, 0.6) is 11.5 Å². The number of furan rings is 1. The molecular formula is C24H25N3O4. The second-order valence-electron chi connectivity index (χ2n) is 7.88. The van der Waals surface area contributed by atoms with Gasteiger partial charge in [-0.25, -0.2) is 10.9 Å². The zero-order chi connectivity index (χ0) is 21.4. The van der Waals surface area contributed by atoms with Crippen LogP contribution >= 0.6 is 0 Å². The normalized spacial score (nSPS) is 25.1. The number of para-hydroxylation sites is 1. The van der Waals surface area contributed by atoms with Gasteiger partial charge in [0.2, 0.25) is 5.91 Å². The molecule has 0 spiro atoms. The summed E-state index contributed by atoms with van der Waals surface area (Å²) in [4.78, 5) is 15.3. The number of amides is 1. The molecule has 0 bridgehead atoms. The number of fused-ring (bicyclic) bond motifs is 1. The van der Waals surface area contributed by atoms with Gasteiger partial charge in [-0.2, -0.15) is 0 Å². The first-order valence-electron chi connectivity index (χ1n) is 10.5. The van der Waals surface area contributed by atoms with Crippen LogP contribution in [0.3, 0.4) is 0 Å². The number of rotatable bonds is 6. The molecule has 31 heavy (non-hydrogen) atoms. The second kappa shape index (κ2) is 8.09. The molecule has 2 aliphatic rings. The van der Waals surface area contributed by atoms with Crippen LogP contribution < -0.4 is 15.6 Å². The van der Waals surface area contributed by atoms with Crippen LogP contribution in [0.1, 0.15) is 35.9 Å². The van der Waals surface area contributed by atoms with Gasteiger partial charge in [-0.05, 0) is 42.8 Å². The molecule has 7 heteroatoms. The van der Waals surface area contributed by atoms with E-state index >= 15 is 0 Å². The van der Waals surface area contributed by atoms with E-state index in [9.17, 15) is 9.90 Å². The Balaban J connectivity index is 1.58. The number of hydrazine groups is 1. The Kier molecular flexibility index (Phi) is 5.13. The van der Waals surface area contributed by atoms with Gasteiger partial charge < -0.3 is 19.2 Å². The summed E-state index contributed by atoms with van der Waals surface area (Å²) in [6.07, 6.45) is 1.62. The minimum atomic E-state index is -0.416. The lowest BCUT2D eigenvalue weighted by Gasteiger charge is -2.31. The number of hydrogen-bond donors (Lipinski definition) is 3. The highest BCUT2D eigenvalue weighted by molar-refractivity contribution is 5.86. The number of benzene rings is 2. The third kappa shape index (κ3) is 3.45. The molecule has 2 saturated heterocycles. The Labute approximate surface area is 180 Å². The Morgan fingerprint density at radius 1 is 1.06 bits per heavy atom. The largest absolute Gasteiger partial charge is 0.508 e. The van der Waals surface area contributed by atoms with Gasteiger partial charge in [-0.15, -0.1) is 0 Å². The van der Waals surface area contributed by atoms with Crippen molar-refractivity contribution >= 4 is 5.91 Å². The topological polar surface area (TPSA) is 87.0 Å². The number of aromatic hydroxyl groups is 1. The molecule has 2 fully saturated rings. The van der Waals surface area contributed by atoms with Crippen LogP contribution in [-0.4, -0.2) is 28.6 Å². The molecule has 0 radical (unpaired) electrons. The van der Waals surface area contributed by atoms with E-state index in [1.807, 2.05) is 60.4 Å². The molecule has 2 aromatic carbocycles. The van der Waals surface area contributed by atoms with Crippen molar-refractivity contribution in [2.24, 2.45) is 5.92 Å². The maximum atomic E-state index is 13.5. The van der Waals surface area contributed by atoms with Crippen LogP contribution in [0.4, 0.5) is 0 Å². The summed E-state index contributed by atoms with van der Waals surface area (Å²) in [7, 11) is 0. The van der Waals surface area contributed by atoms with E-state index in [-0.39, 0.29) is 29.7 Å². The van der Waals surface area contributed by atoms with E-state index in [0.29, 0.717) is 13.2 Å². The summed E-state index contributed by atoms with van der Waals surface area (Å²) < 4.78 is 11.3. The number of nitrogens with one attached hydrogen (secondary N) is 2. The van der Waals surface area contributed by atoms with Gasteiger partial charge in [0.25, 0.3) is 0 Å². The zero-order valence-corrected chi connectivity index (χ0v) is 17.2. The molecule has 1 aromatic heterocycles. The predicted molar refractivity (Wildman–Crippen MR) is 114 cm³/mol. The third-order valence-corrected chi connectivity index (χ3v) is 6.10. The summed E-state index contributed by atoms with van der Waals surface area (Å²) >= 11 is 0. The summed E-state index contributed by atoms with van der Waals surface area (Å²) in [5, 5.41) is 10.5. The third-order valence-electron chi connectivity index (χ3n) is 6.10. The second-order valence-corrected chi connectivity index (χ2v) is 7.88. The fraction of sp³-hybridized carbons (Fsp3) is 0.292. The molecule has 5 rings (SSSR count). The molecule has 1 amide bonds. The molecular weight excluding hydrogens is 394 g/mol. The Hall–Kier alpha value is -3.29. The molecule has 7 nitrogen and oxygen atoms in total. The number of nitrogens with zero attached hydrogens (tertiary/aromatic N) is 1. The van der Waals surface area contributed by atoms with Crippen molar-refractivity contribution in [1.29, 1.82) is 0 Å². The number of phenolic OH excluding ortho intramolecular Hbond substituents is 1. The molecule has 4 unspecified atom stereocenters. The highest BCUT2D eigenvalue weighted by atomic mass is 16.5. The number of hydrogen-bond acceptors (Lipinski definition) is 6. The average Bonchev–Trinajstić information content (AvgIpc) is 3.49. The van der Waals surface area contributed by atoms with Crippen LogP contribution in [0.15, 0.2) is 71.3 Å². The fourth-order valence-electron chi connectivity index (χ4n) is 4.82. The molecule has 3 aromatic rings. The van der Waals surface area contributed by atoms with Crippen molar-refractivity contribution < 1.29 is 19.1 Å². The van der Waals surface area contributed by atoms with E-state index in [1.54, 1.807) is 18.4 Å². The Morgan fingerprint density at radius 3 is 2.68 bits per heavy atom. The van der Waals surface area contributed by atoms with Gasteiger partial charge in [0, 0.05) is 11.5 Å². The first-order valence-corrected chi connectivity index (χ1v) is 10.5.